The second kappa shape index (κ2) is 5.97. The largest absolute Gasteiger partial charge is 0.495 e. The van der Waals surface area contributed by atoms with Gasteiger partial charge in [0.2, 0.25) is 0 Å². The van der Waals surface area contributed by atoms with Crippen LogP contribution < -0.4 is 15.8 Å². The van der Waals surface area contributed by atoms with E-state index in [2.05, 4.69) is 5.32 Å². The van der Waals surface area contributed by atoms with Crippen molar-refractivity contribution in [1.29, 1.82) is 0 Å². The third-order valence-electron chi connectivity index (χ3n) is 2.75. The van der Waals surface area contributed by atoms with Gasteiger partial charge in [-0.2, -0.15) is 0 Å². The second-order valence-corrected chi connectivity index (χ2v) is 4.56. The van der Waals surface area contributed by atoms with Crippen molar-refractivity contribution < 1.29 is 18.3 Å². The highest BCUT2D eigenvalue weighted by Crippen LogP contribution is 2.27. The van der Waals surface area contributed by atoms with Gasteiger partial charge in [0.25, 0.3) is 5.91 Å². The quantitative estimate of drug-likeness (QED) is 0.853. The van der Waals surface area contributed by atoms with E-state index in [0.717, 1.165) is 12.1 Å². The number of halogens is 3. The number of carbonyl (C=O) groups is 1. The molecule has 0 fully saturated rings. The standard InChI is InChI=1S/C14H11ClF2N2O2/c1-21-12-3-2-8(6-9(12)15)19-14(20)7-4-10(16)13(18)11(17)5-7/h2-6H,18H2,1H3,(H,19,20). The van der Waals surface area contributed by atoms with Crippen molar-refractivity contribution in [2.45, 2.75) is 0 Å². The highest BCUT2D eigenvalue weighted by atomic mass is 35.5. The van der Waals surface area contributed by atoms with Gasteiger partial charge in [-0.1, -0.05) is 11.6 Å². The van der Waals surface area contributed by atoms with Crippen LogP contribution in [0, 0.1) is 11.6 Å². The minimum absolute atomic E-state index is 0.189. The Labute approximate surface area is 124 Å². The molecule has 0 saturated carbocycles. The van der Waals surface area contributed by atoms with Crippen LogP contribution in [0.25, 0.3) is 0 Å². The van der Waals surface area contributed by atoms with Crippen molar-refractivity contribution in [1.82, 2.24) is 0 Å². The summed E-state index contributed by atoms with van der Waals surface area (Å²) in [5, 5.41) is 2.77. The lowest BCUT2D eigenvalue weighted by atomic mass is 10.1. The van der Waals surface area contributed by atoms with E-state index in [0.29, 0.717) is 16.5 Å². The summed E-state index contributed by atoms with van der Waals surface area (Å²) in [5.41, 5.74) is 4.69. The first kappa shape index (κ1) is 15.1. The molecular weight excluding hydrogens is 302 g/mol. The zero-order chi connectivity index (χ0) is 15.6. The first-order valence-electron chi connectivity index (χ1n) is 5.81. The average Bonchev–Trinajstić information content (AvgIpc) is 2.44. The molecule has 0 heterocycles. The summed E-state index contributed by atoms with van der Waals surface area (Å²) in [4.78, 5) is 11.9. The van der Waals surface area contributed by atoms with Gasteiger partial charge in [-0.15, -0.1) is 0 Å². The van der Waals surface area contributed by atoms with Gasteiger partial charge in [0, 0.05) is 11.3 Å². The summed E-state index contributed by atoms with van der Waals surface area (Å²) < 4.78 is 31.6. The van der Waals surface area contributed by atoms with Crippen molar-refractivity contribution in [2.24, 2.45) is 0 Å². The van der Waals surface area contributed by atoms with Crippen molar-refractivity contribution in [2.75, 3.05) is 18.2 Å². The minimum Gasteiger partial charge on any atom is -0.495 e. The smallest absolute Gasteiger partial charge is 0.255 e. The Balaban J connectivity index is 2.24. The van der Waals surface area contributed by atoms with E-state index >= 15 is 0 Å². The van der Waals surface area contributed by atoms with E-state index in [4.69, 9.17) is 22.1 Å². The lowest BCUT2D eigenvalue weighted by Gasteiger charge is -2.09. The molecule has 0 spiro atoms. The lowest BCUT2D eigenvalue weighted by Crippen LogP contribution is -2.13. The first-order chi connectivity index (χ1) is 9.92. The molecule has 0 saturated heterocycles. The van der Waals surface area contributed by atoms with Crippen LogP contribution in [-0.4, -0.2) is 13.0 Å². The average molecular weight is 313 g/mol. The number of rotatable bonds is 3. The zero-order valence-corrected chi connectivity index (χ0v) is 11.7. The number of amides is 1. The summed E-state index contributed by atoms with van der Waals surface area (Å²) in [6, 6.07) is 6.29. The zero-order valence-electron chi connectivity index (χ0n) is 10.9. The molecule has 0 atom stereocenters. The maximum atomic E-state index is 13.3. The molecule has 0 unspecified atom stereocenters. The Morgan fingerprint density at radius 1 is 1.24 bits per heavy atom. The van der Waals surface area contributed by atoms with E-state index in [9.17, 15) is 13.6 Å². The number of benzene rings is 2. The van der Waals surface area contributed by atoms with Crippen LogP contribution in [0.3, 0.4) is 0 Å². The molecule has 1 amide bonds. The highest BCUT2D eigenvalue weighted by Gasteiger charge is 2.14. The first-order valence-corrected chi connectivity index (χ1v) is 6.19. The summed E-state index contributed by atoms with van der Waals surface area (Å²) in [5.74, 6) is -2.23. The van der Waals surface area contributed by atoms with Crippen LogP contribution in [0.1, 0.15) is 10.4 Å². The van der Waals surface area contributed by atoms with Crippen LogP contribution in [-0.2, 0) is 0 Å². The van der Waals surface area contributed by atoms with E-state index in [1.54, 1.807) is 12.1 Å². The van der Waals surface area contributed by atoms with Crippen molar-refractivity contribution in [3.05, 3.63) is 52.6 Å². The topological polar surface area (TPSA) is 64.3 Å². The molecule has 3 N–H and O–H groups in total. The number of nitrogen functional groups attached to an aromatic ring is 1. The molecular formula is C14H11ClF2N2O2. The fraction of sp³-hybridized carbons (Fsp3) is 0.0714. The third kappa shape index (κ3) is 3.22. The predicted octanol–water partition coefficient (Wildman–Crippen LogP) is 3.46. The molecule has 110 valence electrons. The van der Waals surface area contributed by atoms with Gasteiger partial charge >= 0.3 is 0 Å². The monoisotopic (exact) mass is 312 g/mol. The Hall–Kier alpha value is -2.34. The molecule has 0 aromatic heterocycles. The van der Waals surface area contributed by atoms with Gasteiger partial charge in [-0.3, -0.25) is 4.79 Å². The molecule has 0 radical (unpaired) electrons. The molecule has 4 nitrogen and oxygen atoms in total. The third-order valence-corrected chi connectivity index (χ3v) is 3.05. The number of nitrogens with two attached hydrogens (primary N) is 1. The number of anilines is 2. The highest BCUT2D eigenvalue weighted by molar-refractivity contribution is 6.32. The van der Waals surface area contributed by atoms with Crippen molar-refractivity contribution in [3.8, 4) is 5.75 Å². The number of hydrogen-bond acceptors (Lipinski definition) is 3. The Bertz CT molecular complexity index is 684. The fourth-order valence-corrected chi connectivity index (χ4v) is 1.92. The predicted molar refractivity (Wildman–Crippen MR) is 76.7 cm³/mol. The van der Waals surface area contributed by atoms with Crippen molar-refractivity contribution in [3.63, 3.8) is 0 Å². The van der Waals surface area contributed by atoms with Crippen LogP contribution in [0.15, 0.2) is 30.3 Å². The number of carbonyl (C=O) groups excluding carboxylic acids is 1. The summed E-state index contributed by atoms with van der Waals surface area (Å²) in [6.45, 7) is 0. The molecule has 0 aliphatic heterocycles. The molecule has 2 aromatic carbocycles. The van der Waals surface area contributed by atoms with E-state index in [1.165, 1.54) is 13.2 Å². The SMILES string of the molecule is COc1ccc(NC(=O)c2cc(F)c(N)c(F)c2)cc1Cl. The summed E-state index contributed by atoms with van der Waals surface area (Å²) in [6.07, 6.45) is 0. The van der Waals surface area contributed by atoms with Gasteiger partial charge in [0.15, 0.2) is 0 Å². The van der Waals surface area contributed by atoms with Crippen LogP contribution in [0.5, 0.6) is 5.75 Å². The van der Waals surface area contributed by atoms with Gasteiger partial charge in [-0.05, 0) is 30.3 Å². The Kier molecular flexibility index (Phi) is 4.28. The van der Waals surface area contributed by atoms with Crippen LogP contribution in [0.4, 0.5) is 20.2 Å². The van der Waals surface area contributed by atoms with Gasteiger partial charge in [-0.25, -0.2) is 8.78 Å². The fourth-order valence-electron chi connectivity index (χ4n) is 1.66. The number of ether oxygens (including phenoxy) is 1. The normalized spacial score (nSPS) is 10.3. The van der Waals surface area contributed by atoms with Crippen molar-refractivity contribution >= 4 is 28.9 Å². The Morgan fingerprint density at radius 2 is 1.86 bits per heavy atom. The molecule has 21 heavy (non-hydrogen) atoms. The number of nitrogens with one attached hydrogen (secondary N) is 1. The maximum Gasteiger partial charge on any atom is 0.255 e. The van der Waals surface area contributed by atoms with Gasteiger partial charge < -0.3 is 15.8 Å². The molecule has 0 aliphatic carbocycles. The molecule has 2 rings (SSSR count). The van der Waals surface area contributed by atoms with E-state index < -0.39 is 23.2 Å². The van der Waals surface area contributed by atoms with Gasteiger partial charge in [0.1, 0.15) is 23.1 Å². The minimum atomic E-state index is -0.993. The molecule has 2 aromatic rings. The summed E-state index contributed by atoms with van der Waals surface area (Å²) >= 11 is 5.92. The second-order valence-electron chi connectivity index (χ2n) is 4.16. The number of hydrogen-bond donors (Lipinski definition) is 2. The molecule has 0 bridgehead atoms. The number of methoxy groups -OCH3 is 1. The Morgan fingerprint density at radius 3 is 2.38 bits per heavy atom. The maximum absolute atomic E-state index is 13.3. The van der Waals surface area contributed by atoms with Crippen LogP contribution >= 0.6 is 11.6 Å². The lowest BCUT2D eigenvalue weighted by molar-refractivity contribution is 0.102. The van der Waals surface area contributed by atoms with E-state index in [-0.39, 0.29) is 5.56 Å². The van der Waals surface area contributed by atoms with E-state index in [1.807, 2.05) is 0 Å². The molecule has 0 aliphatic rings. The molecule has 7 heteroatoms. The van der Waals surface area contributed by atoms with Crippen LogP contribution in [0.2, 0.25) is 5.02 Å². The summed E-state index contributed by atoms with van der Waals surface area (Å²) in [7, 11) is 1.46. The van der Waals surface area contributed by atoms with Gasteiger partial charge in [0.05, 0.1) is 12.1 Å².